The molecule has 0 atom stereocenters. The Balaban J connectivity index is 2.52. The van der Waals surface area contributed by atoms with Crippen molar-refractivity contribution < 1.29 is 9.52 Å². The van der Waals surface area contributed by atoms with Crippen molar-refractivity contribution >= 4 is 0 Å². The van der Waals surface area contributed by atoms with Crippen molar-refractivity contribution in [3.05, 3.63) is 23.7 Å². The van der Waals surface area contributed by atoms with Crippen LogP contribution in [0.1, 0.15) is 25.4 Å². The molecule has 0 aliphatic rings. The van der Waals surface area contributed by atoms with E-state index in [1.165, 1.54) is 0 Å². The zero-order chi connectivity index (χ0) is 8.97. The highest BCUT2D eigenvalue weighted by atomic mass is 16.3. The molecule has 0 saturated carbocycles. The summed E-state index contributed by atoms with van der Waals surface area (Å²) in [6.07, 6.45) is 1.60. The standard InChI is InChI=1S/C10H16O2/c1-8(2)7-10-4-3-9(12-10)5-6-11/h3-4,8,11H,5-7H2,1-2H3. The van der Waals surface area contributed by atoms with Gasteiger partial charge in [-0.15, -0.1) is 0 Å². The lowest BCUT2D eigenvalue weighted by Crippen LogP contribution is -1.91. The average Bonchev–Trinajstić information content (AvgIpc) is 2.36. The molecule has 0 amide bonds. The van der Waals surface area contributed by atoms with Gasteiger partial charge in [-0.2, -0.15) is 0 Å². The minimum atomic E-state index is 0.161. The second kappa shape index (κ2) is 4.31. The van der Waals surface area contributed by atoms with Crippen LogP contribution >= 0.6 is 0 Å². The van der Waals surface area contributed by atoms with Crippen LogP contribution in [0.3, 0.4) is 0 Å². The fraction of sp³-hybridized carbons (Fsp3) is 0.600. The molecule has 0 spiro atoms. The maximum absolute atomic E-state index is 8.65. The van der Waals surface area contributed by atoms with Gasteiger partial charge in [-0.05, 0) is 18.1 Å². The van der Waals surface area contributed by atoms with Crippen LogP contribution in [0.2, 0.25) is 0 Å². The fourth-order valence-electron chi connectivity index (χ4n) is 1.18. The zero-order valence-electron chi connectivity index (χ0n) is 7.71. The van der Waals surface area contributed by atoms with Crippen molar-refractivity contribution in [2.45, 2.75) is 26.7 Å². The number of hydrogen-bond donors (Lipinski definition) is 1. The molecule has 0 fully saturated rings. The number of furan rings is 1. The van der Waals surface area contributed by atoms with E-state index in [1.54, 1.807) is 0 Å². The van der Waals surface area contributed by atoms with Crippen LogP contribution in [0.15, 0.2) is 16.5 Å². The van der Waals surface area contributed by atoms with Crippen LogP contribution in [0.5, 0.6) is 0 Å². The van der Waals surface area contributed by atoms with E-state index in [2.05, 4.69) is 13.8 Å². The van der Waals surface area contributed by atoms with E-state index in [4.69, 9.17) is 9.52 Å². The van der Waals surface area contributed by atoms with Crippen molar-refractivity contribution in [3.8, 4) is 0 Å². The van der Waals surface area contributed by atoms with Crippen molar-refractivity contribution in [2.75, 3.05) is 6.61 Å². The molecule has 1 heterocycles. The number of aliphatic hydroxyl groups excluding tert-OH is 1. The Morgan fingerprint density at radius 3 is 2.58 bits per heavy atom. The maximum Gasteiger partial charge on any atom is 0.106 e. The first-order valence-corrected chi connectivity index (χ1v) is 4.41. The van der Waals surface area contributed by atoms with E-state index in [-0.39, 0.29) is 6.61 Å². The fourth-order valence-corrected chi connectivity index (χ4v) is 1.18. The molecule has 0 aliphatic carbocycles. The minimum absolute atomic E-state index is 0.161. The van der Waals surface area contributed by atoms with E-state index in [1.807, 2.05) is 12.1 Å². The minimum Gasteiger partial charge on any atom is -0.466 e. The molecule has 1 aromatic rings. The molecule has 0 saturated heterocycles. The Morgan fingerprint density at radius 2 is 2.00 bits per heavy atom. The maximum atomic E-state index is 8.65. The summed E-state index contributed by atoms with van der Waals surface area (Å²) >= 11 is 0. The molecular weight excluding hydrogens is 152 g/mol. The smallest absolute Gasteiger partial charge is 0.106 e. The van der Waals surface area contributed by atoms with Gasteiger partial charge in [0, 0.05) is 12.8 Å². The predicted octanol–water partition coefficient (Wildman–Crippen LogP) is 2.01. The molecule has 0 aliphatic heterocycles. The summed E-state index contributed by atoms with van der Waals surface area (Å²) in [6, 6.07) is 3.93. The second-order valence-corrected chi connectivity index (χ2v) is 3.44. The monoisotopic (exact) mass is 168 g/mol. The number of rotatable bonds is 4. The van der Waals surface area contributed by atoms with Gasteiger partial charge in [-0.3, -0.25) is 0 Å². The van der Waals surface area contributed by atoms with Crippen LogP contribution in [0.25, 0.3) is 0 Å². The lowest BCUT2D eigenvalue weighted by atomic mass is 10.1. The molecule has 0 radical (unpaired) electrons. The highest BCUT2D eigenvalue weighted by Gasteiger charge is 2.03. The van der Waals surface area contributed by atoms with Crippen molar-refractivity contribution in [1.29, 1.82) is 0 Å². The van der Waals surface area contributed by atoms with E-state index in [0.717, 1.165) is 17.9 Å². The van der Waals surface area contributed by atoms with Gasteiger partial charge in [0.25, 0.3) is 0 Å². The van der Waals surface area contributed by atoms with Crippen LogP contribution in [0.4, 0.5) is 0 Å². The van der Waals surface area contributed by atoms with Crippen LogP contribution in [-0.2, 0) is 12.8 Å². The molecule has 1 aromatic heterocycles. The zero-order valence-corrected chi connectivity index (χ0v) is 7.71. The van der Waals surface area contributed by atoms with Crippen LogP contribution in [0, 0.1) is 5.92 Å². The summed E-state index contributed by atoms with van der Waals surface area (Å²) in [5, 5.41) is 8.65. The summed E-state index contributed by atoms with van der Waals surface area (Å²) in [6.45, 7) is 4.48. The van der Waals surface area contributed by atoms with Crippen molar-refractivity contribution in [1.82, 2.24) is 0 Å². The van der Waals surface area contributed by atoms with E-state index in [9.17, 15) is 0 Å². The molecule has 68 valence electrons. The summed E-state index contributed by atoms with van der Waals surface area (Å²) in [7, 11) is 0. The Kier molecular flexibility index (Phi) is 3.35. The molecule has 12 heavy (non-hydrogen) atoms. The predicted molar refractivity (Wildman–Crippen MR) is 48.0 cm³/mol. The number of hydrogen-bond acceptors (Lipinski definition) is 2. The SMILES string of the molecule is CC(C)Cc1ccc(CCO)o1. The Bertz CT molecular complexity index is 225. The summed E-state index contributed by atoms with van der Waals surface area (Å²) in [4.78, 5) is 0. The van der Waals surface area contributed by atoms with Gasteiger partial charge < -0.3 is 9.52 Å². The van der Waals surface area contributed by atoms with Crippen LogP contribution in [-0.4, -0.2) is 11.7 Å². The molecule has 2 nitrogen and oxygen atoms in total. The Hall–Kier alpha value is -0.760. The summed E-state index contributed by atoms with van der Waals surface area (Å²) in [5.74, 6) is 2.53. The van der Waals surface area contributed by atoms with Gasteiger partial charge >= 0.3 is 0 Å². The van der Waals surface area contributed by atoms with Gasteiger partial charge in [0.2, 0.25) is 0 Å². The average molecular weight is 168 g/mol. The third-order valence-electron chi connectivity index (χ3n) is 1.68. The van der Waals surface area contributed by atoms with Crippen molar-refractivity contribution in [2.24, 2.45) is 5.92 Å². The Morgan fingerprint density at radius 1 is 1.33 bits per heavy atom. The highest BCUT2D eigenvalue weighted by molar-refractivity contribution is 5.07. The molecule has 1 N–H and O–H groups in total. The van der Waals surface area contributed by atoms with Crippen molar-refractivity contribution in [3.63, 3.8) is 0 Å². The number of aliphatic hydroxyl groups is 1. The quantitative estimate of drug-likeness (QED) is 0.746. The molecule has 0 aromatic carbocycles. The summed E-state index contributed by atoms with van der Waals surface area (Å²) in [5.41, 5.74) is 0. The van der Waals surface area contributed by atoms with Gasteiger partial charge in [0.1, 0.15) is 11.5 Å². The lowest BCUT2D eigenvalue weighted by Gasteiger charge is -1.99. The third-order valence-corrected chi connectivity index (χ3v) is 1.68. The van der Waals surface area contributed by atoms with Gasteiger partial charge in [0.05, 0.1) is 6.61 Å². The molecule has 0 bridgehead atoms. The molecular formula is C10H16O2. The first-order chi connectivity index (χ1) is 5.72. The summed E-state index contributed by atoms with van der Waals surface area (Å²) < 4.78 is 5.47. The highest BCUT2D eigenvalue weighted by Crippen LogP contribution is 2.12. The van der Waals surface area contributed by atoms with Gasteiger partial charge in [-0.25, -0.2) is 0 Å². The van der Waals surface area contributed by atoms with E-state index in [0.29, 0.717) is 12.3 Å². The molecule has 2 heteroatoms. The lowest BCUT2D eigenvalue weighted by molar-refractivity contribution is 0.285. The van der Waals surface area contributed by atoms with E-state index >= 15 is 0 Å². The molecule has 0 unspecified atom stereocenters. The first-order valence-electron chi connectivity index (χ1n) is 4.41. The third kappa shape index (κ3) is 2.70. The second-order valence-electron chi connectivity index (χ2n) is 3.44. The normalized spacial score (nSPS) is 11.0. The largest absolute Gasteiger partial charge is 0.466 e. The van der Waals surface area contributed by atoms with E-state index < -0.39 is 0 Å². The van der Waals surface area contributed by atoms with Gasteiger partial charge in [0.15, 0.2) is 0 Å². The molecule has 1 rings (SSSR count). The topological polar surface area (TPSA) is 33.4 Å². The van der Waals surface area contributed by atoms with Gasteiger partial charge in [-0.1, -0.05) is 13.8 Å². The first kappa shape index (κ1) is 9.33. The van der Waals surface area contributed by atoms with Crippen LogP contribution < -0.4 is 0 Å². The Labute approximate surface area is 73.2 Å².